The van der Waals surface area contributed by atoms with Crippen LogP contribution in [0.2, 0.25) is 0 Å². The second-order valence-corrected chi connectivity index (χ2v) is 6.47. The van der Waals surface area contributed by atoms with E-state index in [2.05, 4.69) is 20.0 Å². The fourth-order valence-corrected chi connectivity index (χ4v) is 3.55. The Labute approximate surface area is 140 Å². The van der Waals surface area contributed by atoms with Gasteiger partial charge in [-0.15, -0.1) is 0 Å². The highest BCUT2D eigenvalue weighted by molar-refractivity contribution is 5.86. The molecule has 1 aromatic carbocycles. The lowest BCUT2D eigenvalue weighted by Gasteiger charge is -2.33. The average molecular weight is 325 g/mol. The van der Waals surface area contributed by atoms with E-state index >= 15 is 0 Å². The maximum absolute atomic E-state index is 13.3. The summed E-state index contributed by atoms with van der Waals surface area (Å²) in [5.74, 6) is 1.41. The first-order valence-corrected chi connectivity index (χ1v) is 8.33. The molecule has 4 rings (SSSR count). The fraction of sp³-hybridized carbons (Fsp3) is 0.389. The second-order valence-electron chi connectivity index (χ2n) is 6.47. The maximum Gasteiger partial charge on any atom is 0.163 e. The minimum Gasteiger partial charge on any atom is -0.356 e. The molecule has 0 unspecified atom stereocenters. The molecule has 0 saturated carbocycles. The van der Waals surface area contributed by atoms with E-state index in [4.69, 9.17) is 0 Å². The van der Waals surface area contributed by atoms with Gasteiger partial charge in [0.25, 0.3) is 0 Å². The van der Waals surface area contributed by atoms with Gasteiger partial charge in [-0.2, -0.15) is 5.10 Å². The van der Waals surface area contributed by atoms with Crippen molar-refractivity contribution >= 4 is 16.9 Å². The first kappa shape index (κ1) is 15.1. The van der Waals surface area contributed by atoms with Crippen LogP contribution in [0.5, 0.6) is 0 Å². The second kappa shape index (κ2) is 6.19. The van der Waals surface area contributed by atoms with Gasteiger partial charge in [0.05, 0.1) is 11.6 Å². The number of hydrogen-bond acceptors (Lipinski definition) is 4. The Hall–Kier alpha value is -2.50. The topological polar surface area (TPSA) is 46.8 Å². The lowest BCUT2D eigenvalue weighted by Crippen LogP contribution is -2.35. The average Bonchev–Trinajstić information content (AvgIpc) is 2.97. The van der Waals surface area contributed by atoms with Gasteiger partial charge in [0.15, 0.2) is 5.65 Å². The predicted molar refractivity (Wildman–Crippen MR) is 91.3 cm³/mol. The molecule has 0 spiro atoms. The Bertz CT molecular complexity index is 851. The summed E-state index contributed by atoms with van der Waals surface area (Å²) < 4.78 is 15.1. The molecule has 2 aromatic heterocycles. The van der Waals surface area contributed by atoms with E-state index in [0.29, 0.717) is 5.92 Å². The van der Waals surface area contributed by atoms with Crippen LogP contribution in [0.25, 0.3) is 11.0 Å². The zero-order valence-electron chi connectivity index (χ0n) is 13.7. The van der Waals surface area contributed by atoms with E-state index in [0.717, 1.165) is 54.8 Å². The zero-order chi connectivity index (χ0) is 16.5. The molecule has 1 aliphatic rings. The summed E-state index contributed by atoms with van der Waals surface area (Å²) in [5.41, 5.74) is 1.95. The Balaban J connectivity index is 1.46. The van der Waals surface area contributed by atoms with Gasteiger partial charge in [-0.1, -0.05) is 12.1 Å². The summed E-state index contributed by atoms with van der Waals surface area (Å²) >= 11 is 0. The summed E-state index contributed by atoms with van der Waals surface area (Å²) in [6.07, 6.45) is 6.56. The number of anilines is 1. The summed E-state index contributed by atoms with van der Waals surface area (Å²) in [7, 11) is 1.89. The SMILES string of the molecule is Cn1ncc2c(N3CCC(Cc4cccc(F)c4)CC3)ncnc21. The van der Waals surface area contributed by atoms with Gasteiger partial charge in [-0.3, -0.25) is 4.68 Å². The molecule has 1 fully saturated rings. The van der Waals surface area contributed by atoms with Crippen LogP contribution < -0.4 is 4.90 Å². The smallest absolute Gasteiger partial charge is 0.163 e. The summed E-state index contributed by atoms with van der Waals surface area (Å²) in [6.45, 7) is 1.92. The van der Waals surface area contributed by atoms with Crippen molar-refractivity contribution in [3.8, 4) is 0 Å². The Kier molecular flexibility index (Phi) is 3.88. The number of piperidine rings is 1. The minimum absolute atomic E-state index is 0.148. The van der Waals surface area contributed by atoms with Crippen LogP contribution >= 0.6 is 0 Å². The quantitative estimate of drug-likeness (QED) is 0.743. The summed E-state index contributed by atoms with van der Waals surface area (Å²) in [4.78, 5) is 11.1. The van der Waals surface area contributed by atoms with Crippen molar-refractivity contribution in [2.75, 3.05) is 18.0 Å². The molecular weight excluding hydrogens is 305 g/mol. The minimum atomic E-state index is -0.148. The molecule has 0 N–H and O–H groups in total. The normalized spacial score (nSPS) is 16.0. The van der Waals surface area contributed by atoms with E-state index < -0.39 is 0 Å². The lowest BCUT2D eigenvalue weighted by molar-refractivity contribution is 0.402. The van der Waals surface area contributed by atoms with E-state index in [9.17, 15) is 4.39 Å². The van der Waals surface area contributed by atoms with Crippen molar-refractivity contribution in [2.45, 2.75) is 19.3 Å². The maximum atomic E-state index is 13.3. The molecule has 5 nitrogen and oxygen atoms in total. The first-order chi connectivity index (χ1) is 11.7. The number of aromatic nitrogens is 4. The monoisotopic (exact) mass is 325 g/mol. The van der Waals surface area contributed by atoms with E-state index in [1.54, 1.807) is 23.1 Å². The van der Waals surface area contributed by atoms with Crippen LogP contribution in [0.15, 0.2) is 36.8 Å². The predicted octanol–water partition coefficient (Wildman–Crippen LogP) is 2.96. The Morgan fingerprint density at radius 3 is 2.83 bits per heavy atom. The Morgan fingerprint density at radius 2 is 2.04 bits per heavy atom. The van der Waals surface area contributed by atoms with E-state index in [1.807, 2.05) is 19.3 Å². The van der Waals surface area contributed by atoms with Crippen molar-refractivity contribution in [1.29, 1.82) is 0 Å². The molecule has 3 aromatic rings. The number of fused-ring (bicyclic) bond motifs is 1. The number of benzene rings is 1. The van der Waals surface area contributed by atoms with Gasteiger partial charge in [-0.25, -0.2) is 14.4 Å². The van der Waals surface area contributed by atoms with E-state index in [-0.39, 0.29) is 5.82 Å². The van der Waals surface area contributed by atoms with Crippen LogP contribution in [0.4, 0.5) is 10.2 Å². The van der Waals surface area contributed by atoms with Crippen LogP contribution in [0, 0.1) is 11.7 Å². The van der Waals surface area contributed by atoms with Crippen molar-refractivity contribution in [2.24, 2.45) is 13.0 Å². The number of halogens is 1. The highest BCUT2D eigenvalue weighted by Crippen LogP contribution is 2.28. The van der Waals surface area contributed by atoms with Crippen LogP contribution in [-0.2, 0) is 13.5 Å². The van der Waals surface area contributed by atoms with E-state index in [1.165, 1.54) is 6.07 Å². The molecule has 0 aliphatic carbocycles. The fourth-order valence-electron chi connectivity index (χ4n) is 3.55. The van der Waals surface area contributed by atoms with Crippen molar-refractivity contribution in [1.82, 2.24) is 19.7 Å². The number of nitrogens with zero attached hydrogens (tertiary/aromatic N) is 5. The van der Waals surface area contributed by atoms with Gasteiger partial charge < -0.3 is 4.90 Å². The molecule has 0 atom stereocenters. The van der Waals surface area contributed by atoms with Gasteiger partial charge in [-0.05, 0) is 42.9 Å². The standard InChI is InChI=1S/C18H20FN5/c1-23-17-16(11-22-23)18(21-12-20-17)24-7-5-13(6-8-24)9-14-3-2-4-15(19)10-14/h2-4,10-13H,5-9H2,1H3. The van der Waals surface area contributed by atoms with Gasteiger partial charge in [0.1, 0.15) is 18.0 Å². The molecule has 3 heterocycles. The van der Waals surface area contributed by atoms with Gasteiger partial charge in [0.2, 0.25) is 0 Å². The molecule has 124 valence electrons. The third-order valence-electron chi connectivity index (χ3n) is 4.84. The molecular formula is C18H20FN5. The number of hydrogen-bond donors (Lipinski definition) is 0. The molecule has 0 amide bonds. The largest absolute Gasteiger partial charge is 0.356 e. The zero-order valence-corrected chi connectivity index (χ0v) is 13.7. The summed E-state index contributed by atoms with van der Waals surface area (Å²) in [6, 6.07) is 6.95. The van der Waals surface area contributed by atoms with Crippen molar-refractivity contribution in [3.05, 3.63) is 48.2 Å². The van der Waals surface area contributed by atoms with Crippen LogP contribution in [-0.4, -0.2) is 32.8 Å². The van der Waals surface area contributed by atoms with Gasteiger partial charge in [0, 0.05) is 20.1 Å². The third-order valence-corrected chi connectivity index (χ3v) is 4.84. The molecule has 1 saturated heterocycles. The van der Waals surface area contributed by atoms with Gasteiger partial charge >= 0.3 is 0 Å². The molecule has 6 heteroatoms. The third kappa shape index (κ3) is 2.84. The number of aryl methyl sites for hydroxylation is 1. The highest BCUT2D eigenvalue weighted by Gasteiger charge is 2.22. The highest BCUT2D eigenvalue weighted by atomic mass is 19.1. The molecule has 1 aliphatic heterocycles. The summed E-state index contributed by atoms with van der Waals surface area (Å²) in [5, 5.41) is 5.29. The molecule has 0 bridgehead atoms. The number of rotatable bonds is 3. The van der Waals surface area contributed by atoms with Crippen molar-refractivity contribution in [3.63, 3.8) is 0 Å². The van der Waals surface area contributed by atoms with Crippen LogP contribution in [0.3, 0.4) is 0 Å². The molecule has 0 radical (unpaired) electrons. The first-order valence-electron chi connectivity index (χ1n) is 8.33. The lowest BCUT2D eigenvalue weighted by atomic mass is 9.90. The van der Waals surface area contributed by atoms with Crippen LogP contribution in [0.1, 0.15) is 18.4 Å². The Morgan fingerprint density at radius 1 is 1.21 bits per heavy atom. The molecule has 24 heavy (non-hydrogen) atoms. The van der Waals surface area contributed by atoms with Crippen molar-refractivity contribution < 1.29 is 4.39 Å².